The van der Waals surface area contributed by atoms with Crippen LogP contribution in [0.2, 0.25) is 0 Å². The van der Waals surface area contributed by atoms with Gasteiger partial charge in [-0.25, -0.2) is 4.79 Å². The zero-order valence-electron chi connectivity index (χ0n) is 13.3. The standard InChI is InChI=1S/C19H24O3/c1-19-10-4-7-17(20)16(19)9-8-15(19)12-13-5-3-6-14(11-13)18(21)22-2/h3,5-6,11-12,16-17,20H,4,7-10H2,1-2H3/b15-12+/t16-,17-,19+/m0/s1. The highest BCUT2D eigenvalue weighted by Crippen LogP contribution is 2.55. The Morgan fingerprint density at radius 2 is 2.23 bits per heavy atom. The van der Waals surface area contributed by atoms with Crippen molar-refractivity contribution >= 4 is 12.0 Å². The molecule has 0 radical (unpaired) electrons. The van der Waals surface area contributed by atoms with Gasteiger partial charge in [0.2, 0.25) is 0 Å². The third-order valence-electron chi connectivity index (χ3n) is 5.59. The SMILES string of the molecule is COC(=O)c1cccc(/C=C2\CC[C@H]3[C@@H](O)CCC[C@]23C)c1. The van der Waals surface area contributed by atoms with Crippen LogP contribution in [0.5, 0.6) is 0 Å². The van der Waals surface area contributed by atoms with E-state index in [1.807, 2.05) is 18.2 Å². The summed E-state index contributed by atoms with van der Waals surface area (Å²) in [6.45, 7) is 2.29. The van der Waals surface area contributed by atoms with Gasteiger partial charge in [0, 0.05) is 0 Å². The van der Waals surface area contributed by atoms with Crippen LogP contribution in [-0.2, 0) is 4.74 Å². The van der Waals surface area contributed by atoms with Gasteiger partial charge < -0.3 is 9.84 Å². The number of aliphatic hydroxyl groups excluding tert-OH is 1. The molecule has 0 bridgehead atoms. The molecular weight excluding hydrogens is 276 g/mol. The van der Waals surface area contributed by atoms with Crippen molar-refractivity contribution in [2.75, 3.05) is 7.11 Å². The largest absolute Gasteiger partial charge is 0.465 e. The minimum Gasteiger partial charge on any atom is -0.465 e. The van der Waals surface area contributed by atoms with Gasteiger partial charge in [0.05, 0.1) is 18.8 Å². The van der Waals surface area contributed by atoms with Gasteiger partial charge in [-0.05, 0) is 61.1 Å². The van der Waals surface area contributed by atoms with Gasteiger partial charge in [0.1, 0.15) is 0 Å². The molecular formula is C19H24O3. The molecule has 2 aliphatic rings. The molecule has 0 heterocycles. The Balaban J connectivity index is 1.91. The third kappa shape index (κ3) is 2.58. The van der Waals surface area contributed by atoms with E-state index in [1.165, 1.54) is 12.7 Å². The van der Waals surface area contributed by atoms with Gasteiger partial charge >= 0.3 is 5.97 Å². The number of esters is 1. The first-order valence-corrected chi connectivity index (χ1v) is 8.12. The molecule has 1 N–H and O–H groups in total. The summed E-state index contributed by atoms with van der Waals surface area (Å²) in [6, 6.07) is 7.57. The second-order valence-electron chi connectivity index (χ2n) is 6.81. The summed E-state index contributed by atoms with van der Waals surface area (Å²) in [7, 11) is 1.40. The number of hydrogen-bond acceptors (Lipinski definition) is 3. The number of ether oxygens (including phenoxy) is 1. The molecule has 0 aromatic heterocycles. The van der Waals surface area contributed by atoms with Crippen molar-refractivity contribution in [2.45, 2.75) is 45.1 Å². The van der Waals surface area contributed by atoms with E-state index in [1.54, 1.807) is 6.07 Å². The van der Waals surface area contributed by atoms with E-state index in [9.17, 15) is 9.90 Å². The molecule has 3 heteroatoms. The van der Waals surface area contributed by atoms with Crippen LogP contribution in [0.4, 0.5) is 0 Å². The zero-order valence-corrected chi connectivity index (χ0v) is 13.3. The van der Waals surface area contributed by atoms with Crippen LogP contribution in [0.3, 0.4) is 0 Å². The van der Waals surface area contributed by atoms with E-state index in [2.05, 4.69) is 13.0 Å². The third-order valence-corrected chi connectivity index (χ3v) is 5.59. The van der Waals surface area contributed by atoms with Gasteiger partial charge in [-0.3, -0.25) is 0 Å². The Labute approximate surface area is 132 Å². The van der Waals surface area contributed by atoms with Crippen LogP contribution >= 0.6 is 0 Å². The highest BCUT2D eigenvalue weighted by atomic mass is 16.5. The molecule has 0 unspecified atom stereocenters. The molecule has 0 saturated heterocycles. The fourth-order valence-corrected chi connectivity index (χ4v) is 4.31. The van der Waals surface area contributed by atoms with Crippen molar-refractivity contribution in [3.8, 4) is 0 Å². The Morgan fingerprint density at radius 3 is 3.00 bits per heavy atom. The van der Waals surface area contributed by atoms with Gasteiger partial charge in [-0.2, -0.15) is 0 Å². The van der Waals surface area contributed by atoms with Gasteiger partial charge in [-0.1, -0.05) is 30.7 Å². The second-order valence-corrected chi connectivity index (χ2v) is 6.81. The minimum absolute atomic E-state index is 0.110. The first-order chi connectivity index (χ1) is 10.5. The van der Waals surface area contributed by atoms with Crippen molar-refractivity contribution in [1.29, 1.82) is 0 Å². The molecule has 0 amide bonds. The highest BCUT2D eigenvalue weighted by Gasteiger charge is 2.47. The van der Waals surface area contributed by atoms with Crippen molar-refractivity contribution in [3.63, 3.8) is 0 Å². The number of methoxy groups -OCH3 is 1. The van der Waals surface area contributed by atoms with Crippen molar-refractivity contribution < 1.29 is 14.6 Å². The average molecular weight is 300 g/mol. The zero-order chi connectivity index (χ0) is 15.7. The number of hydrogen-bond donors (Lipinski definition) is 1. The summed E-state index contributed by atoms with van der Waals surface area (Å²) in [6.07, 6.45) is 7.34. The predicted molar refractivity (Wildman–Crippen MR) is 86.4 cm³/mol. The normalized spacial score (nSPS) is 32.8. The maximum absolute atomic E-state index is 11.7. The summed E-state index contributed by atoms with van der Waals surface area (Å²) in [4.78, 5) is 11.7. The predicted octanol–water partition coefficient (Wildman–Crippen LogP) is 3.82. The lowest BCUT2D eigenvalue weighted by Gasteiger charge is -2.40. The number of carbonyl (C=O) groups excluding carboxylic acids is 1. The van der Waals surface area contributed by atoms with Crippen molar-refractivity contribution in [2.24, 2.45) is 11.3 Å². The van der Waals surface area contributed by atoms with Crippen LogP contribution in [0, 0.1) is 11.3 Å². The molecule has 0 spiro atoms. The fourth-order valence-electron chi connectivity index (χ4n) is 4.31. The smallest absolute Gasteiger partial charge is 0.337 e. The second kappa shape index (κ2) is 5.88. The number of fused-ring (bicyclic) bond motifs is 1. The molecule has 22 heavy (non-hydrogen) atoms. The van der Waals surface area contributed by atoms with E-state index in [-0.39, 0.29) is 17.5 Å². The Morgan fingerprint density at radius 1 is 1.41 bits per heavy atom. The molecule has 2 aliphatic carbocycles. The first kappa shape index (κ1) is 15.3. The minimum atomic E-state index is -0.302. The number of rotatable bonds is 2. The van der Waals surface area contributed by atoms with Crippen LogP contribution in [0.1, 0.15) is 54.9 Å². The van der Waals surface area contributed by atoms with Crippen LogP contribution in [0.25, 0.3) is 6.08 Å². The Bertz CT molecular complexity index is 604. The van der Waals surface area contributed by atoms with Crippen LogP contribution in [0.15, 0.2) is 29.8 Å². The monoisotopic (exact) mass is 300 g/mol. The van der Waals surface area contributed by atoms with E-state index in [0.29, 0.717) is 11.5 Å². The number of aliphatic hydroxyl groups is 1. The maximum atomic E-state index is 11.7. The molecule has 2 saturated carbocycles. The molecule has 3 atom stereocenters. The molecule has 3 rings (SSSR count). The van der Waals surface area contributed by atoms with E-state index in [4.69, 9.17) is 4.74 Å². The number of carbonyl (C=O) groups is 1. The van der Waals surface area contributed by atoms with E-state index >= 15 is 0 Å². The molecule has 118 valence electrons. The lowest BCUT2D eigenvalue weighted by atomic mass is 9.66. The molecule has 0 aliphatic heterocycles. The highest BCUT2D eigenvalue weighted by molar-refractivity contribution is 5.90. The van der Waals surface area contributed by atoms with Crippen LogP contribution < -0.4 is 0 Å². The average Bonchev–Trinajstić information content (AvgIpc) is 2.85. The summed E-state index contributed by atoms with van der Waals surface area (Å²) < 4.78 is 4.79. The summed E-state index contributed by atoms with van der Waals surface area (Å²) in [5.74, 6) is 0.0835. The molecule has 1 aromatic carbocycles. The summed E-state index contributed by atoms with van der Waals surface area (Å²) in [5.41, 5.74) is 3.15. The molecule has 2 fully saturated rings. The molecule has 1 aromatic rings. The summed E-state index contributed by atoms with van der Waals surface area (Å²) in [5, 5.41) is 10.3. The van der Waals surface area contributed by atoms with E-state index < -0.39 is 0 Å². The first-order valence-electron chi connectivity index (χ1n) is 8.12. The Kier molecular flexibility index (Phi) is 4.09. The lowest BCUT2D eigenvalue weighted by Crippen LogP contribution is -2.37. The quantitative estimate of drug-likeness (QED) is 0.845. The van der Waals surface area contributed by atoms with Gasteiger partial charge in [-0.15, -0.1) is 0 Å². The number of allylic oxidation sites excluding steroid dienone is 1. The van der Waals surface area contributed by atoms with Crippen molar-refractivity contribution in [3.05, 3.63) is 41.0 Å². The van der Waals surface area contributed by atoms with E-state index in [0.717, 1.165) is 37.7 Å². The topological polar surface area (TPSA) is 46.5 Å². The van der Waals surface area contributed by atoms with Gasteiger partial charge in [0.15, 0.2) is 0 Å². The fraction of sp³-hybridized carbons (Fsp3) is 0.526. The summed E-state index contributed by atoms with van der Waals surface area (Å²) >= 11 is 0. The Hall–Kier alpha value is -1.61. The van der Waals surface area contributed by atoms with Gasteiger partial charge in [0.25, 0.3) is 0 Å². The maximum Gasteiger partial charge on any atom is 0.337 e. The number of benzene rings is 1. The van der Waals surface area contributed by atoms with Crippen molar-refractivity contribution in [1.82, 2.24) is 0 Å². The molecule has 3 nitrogen and oxygen atoms in total. The van der Waals surface area contributed by atoms with Crippen LogP contribution in [-0.4, -0.2) is 24.3 Å². The lowest BCUT2D eigenvalue weighted by molar-refractivity contribution is 0.0152.